The monoisotopic (exact) mass is 384 g/mol. The molecule has 4 nitrogen and oxygen atoms in total. The molecule has 2 N–H and O–H groups in total. The van der Waals surface area contributed by atoms with E-state index in [1.165, 1.54) is 12.8 Å². The van der Waals surface area contributed by atoms with Crippen molar-refractivity contribution in [2.24, 2.45) is 0 Å². The maximum Gasteiger partial charge on any atom is 0.251 e. The van der Waals surface area contributed by atoms with E-state index in [9.17, 15) is 9.59 Å². The van der Waals surface area contributed by atoms with Gasteiger partial charge in [0, 0.05) is 28.7 Å². The third-order valence-corrected chi connectivity index (χ3v) is 5.34. The van der Waals surface area contributed by atoms with Crippen molar-refractivity contribution in [3.8, 4) is 0 Å². The summed E-state index contributed by atoms with van der Waals surface area (Å²) >= 11 is 6.12. The molecule has 1 fully saturated rings. The van der Waals surface area contributed by atoms with Crippen molar-refractivity contribution in [1.82, 2.24) is 10.6 Å². The van der Waals surface area contributed by atoms with E-state index in [2.05, 4.69) is 10.6 Å². The first kappa shape index (κ1) is 19.4. The Morgan fingerprint density at radius 1 is 0.889 bits per heavy atom. The fourth-order valence-electron chi connectivity index (χ4n) is 3.41. The number of carbonyl (C=O) groups excluding carboxylic acids is 2. The van der Waals surface area contributed by atoms with Gasteiger partial charge in [-0.15, -0.1) is 0 Å². The van der Waals surface area contributed by atoms with Crippen LogP contribution in [0.15, 0.2) is 48.5 Å². The predicted octanol–water partition coefficient (Wildman–Crippen LogP) is 4.72. The van der Waals surface area contributed by atoms with Gasteiger partial charge in [0.2, 0.25) is 0 Å². The first-order valence-electron chi connectivity index (χ1n) is 9.56. The maximum atomic E-state index is 12.6. The molecule has 1 aliphatic rings. The molecule has 0 unspecified atom stereocenters. The second-order valence-electron chi connectivity index (χ2n) is 7.02. The van der Waals surface area contributed by atoms with E-state index in [-0.39, 0.29) is 17.9 Å². The summed E-state index contributed by atoms with van der Waals surface area (Å²) in [6.45, 7) is 0.344. The van der Waals surface area contributed by atoms with Gasteiger partial charge in [0.05, 0.1) is 0 Å². The lowest BCUT2D eigenvalue weighted by Crippen LogP contribution is -2.34. The summed E-state index contributed by atoms with van der Waals surface area (Å²) in [5, 5.41) is 6.60. The normalized spacial score (nSPS) is 15.0. The van der Waals surface area contributed by atoms with Crippen molar-refractivity contribution in [2.75, 3.05) is 0 Å². The zero-order chi connectivity index (χ0) is 19.1. The Balaban J connectivity index is 1.61. The quantitative estimate of drug-likeness (QED) is 0.732. The van der Waals surface area contributed by atoms with Crippen LogP contribution in [0.1, 0.15) is 64.8 Å². The highest BCUT2D eigenvalue weighted by Gasteiger charge is 2.17. The van der Waals surface area contributed by atoms with Crippen LogP contribution in [0.5, 0.6) is 0 Å². The number of amides is 2. The topological polar surface area (TPSA) is 58.2 Å². The van der Waals surface area contributed by atoms with Gasteiger partial charge in [-0.1, -0.05) is 61.5 Å². The molecule has 0 aliphatic heterocycles. The summed E-state index contributed by atoms with van der Waals surface area (Å²) < 4.78 is 0. The molecule has 2 aromatic rings. The zero-order valence-electron chi connectivity index (χ0n) is 15.3. The predicted molar refractivity (Wildman–Crippen MR) is 108 cm³/mol. The molecule has 0 saturated heterocycles. The van der Waals surface area contributed by atoms with Crippen LogP contribution < -0.4 is 10.6 Å². The smallest absolute Gasteiger partial charge is 0.251 e. The van der Waals surface area contributed by atoms with Crippen LogP contribution in [0.2, 0.25) is 5.02 Å². The Labute approximate surface area is 165 Å². The van der Waals surface area contributed by atoms with Crippen LogP contribution in [0.25, 0.3) is 0 Å². The third kappa shape index (κ3) is 5.57. The Morgan fingerprint density at radius 3 is 2.26 bits per heavy atom. The molecule has 1 saturated carbocycles. The average molecular weight is 385 g/mol. The molecule has 0 spiro atoms. The van der Waals surface area contributed by atoms with Crippen LogP contribution in [0, 0.1) is 0 Å². The van der Waals surface area contributed by atoms with E-state index in [0.29, 0.717) is 22.7 Å². The second-order valence-corrected chi connectivity index (χ2v) is 7.42. The number of nitrogens with one attached hydrogen (secondary N) is 2. The van der Waals surface area contributed by atoms with E-state index >= 15 is 0 Å². The lowest BCUT2D eigenvalue weighted by atomic mass is 10.1. The number of hydrogen-bond acceptors (Lipinski definition) is 2. The fourth-order valence-corrected chi connectivity index (χ4v) is 3.62. The van der Waals surface area contributed by atoms with Crippen molar-refractivity contribution in [3.05, 3.63) is 70.2 Å². The Hall–Kier alpha value is -2.33. The largest absolute Gasteiger partial charge is 0.349 e. The highest BCUT2D eigenvalue weighted by Crippen LogP contribution is 2.18. The number of benzene rings is 2. The van der Waals surface area contributed by atoms with Gasteiger partial charge in [0.25, 0.3) is 11.8 Å². The minimum Gasteiger partial charge on any atom is -0.349 e. The standard InChI is InChI=1S/C22H25ClN2O2/c23-20-13-6-5-8-18(20)15-24-21(26)16-9-7-10-17(14-16)22(27)25-19-11-3-1-2-4-12-19/h5-10,13-14,19H,1-4,11-12,15H2,(H,24,26)(H,25,27). The molecule has 2 amide bonds. The number of carbonyl (C=O) groups is 2. The summed E-state index contributed by atoms with van der Waals surface area (Å²) in [5.74, 6) is -0.332. The molecular formula is C22H25ClN2O2. The summed E-state index contributed by atoms with van der Waals surface area (Å²) in [4.78, 5) is 25.0. The molecule has 142 valence electrons. The maximum absolute atomic E-state index is 12.6. The zero-order valence-corrected chi connectivity index (χ0v) is 16.1. The molecule has 0 atom stereocenters. The van der Waals surface area contributed by atoms with Gasteiger partial charge < -0.3 is 10.6 Å². The minimum absolute atomic E-state index is 0.109. The molecule has 2 aromatic carbocycles. The van der Waals surface area contributed by atoms with Crippen molar-refractivity contribution in [1.29, 1.82) is 0 Å². The molecule has 0 radical (unpaired) electrons. The van der Waals surface area contributed by atoms with Crippen molar-refractivity contribution in [2.45, 2.75) is 51.1 Å². The molecule has 5 heteroatoms. The number of rotatable bonds is 5. The fraction of sp³-hybridized carbons (Fsp3) is 0.364. The van der Waals surface area contributed by atoms with E-state index < -0.39 is 0 Å². The van der Waals surface area contributed by atoms with E-state index in [1.54, 1.807) is 30.3 Å². The molecule has 0 heterocycles. The lowest BCUT2D eigenvalue weighted by molar-refractivity contribution is 0.0933. The highest BCUT2D eigenvalue weighted by molar-refractivity contribution is 6.31. The van der Waals surface area contributed by atoms with E-state index in [1.807, 2.05) is 18.2 Å². The summed E-state index contributed by atoms with van der Waals surface area (Å²) in [5.41, 5.74) is 1.84. The van der Waals surface area contributed by atoms with Crippen molar-refractivity contribution >= 4 is 23.4 Å². The van der Waals surface area contributed by atoms with E-state index in [0.717, 1.165) is 31.2 Å². The highest BCUT2D eigenvalue weighted by atomic mass is 35.5. The molecule has 0 aromatic heterocycles. The summed E-state index contributed by atoms with van der Waals surface area (Å²) in [7, 11) is 0. The number of halogens is 1. The number of hydrogen-bond donors (Lipinski definition) is 2. The van der Waals surface area contributed by atoms with Crippen LogP contribution in [-0.4, -0.2) is 17.9 Å². The van der Waals surface area contributed by atoms with Gasteiger partial charge in [0.15, 0.2) is 0 Å². The lowest BCUT2D eigenvalue weighted by Gasteiger charge is -2.16. The second kappa shape index (κ2) is 9.56. The minimum atomic E-state index is -0.223. The van der Waals surface area contributed by atoms with Gasteiger partial charge in [-0.3, -0.25) is 9.59 Å². The molecular weight excluding hydrogens is 360 g/mol. The van der Waals surface area contributed by atoms with Crippen molar-refractivity contribution < 1.29 is 9.59 Å². The van der Waals surface area contributed by atoms with Gasteiger partial charge in [-0.05, 0) is 42.7 Å². The van der Waals surface area contributed by atoms with Crippen LogP contribution in [0.3, 0.4) is 0 Å². The third-order valence-electron chi connectivity index (χ3n) is 4.97. The van der Waals surface area contributed by atoms with Gasteiger partial charge in [-0.2, -0.15) is 0 Å². The van der Waals surface area contributed by atoms with Crippen molar-refractivity contribution in [3.63, 3.8) is 0 Å². The Morgan fingerprint density at radius 2 is 1.56 bits per heavy atom. The Bertz CT molecular complexity index is 798. The SMILES string of the molecule is O=C(NCc1ccccc1Cl)c1cccc(C(=O)NC2CCCCCC2)c1. The van der Waals surface area contributed by atoms with Crippen LogP contribution in [-0.2, 0) is 6.54 Å². The van der Waals surface area contributed by atoms with Gasteiger partial charge in [-0.25, -0.2) is 0 Å². The van der Waals surface area contributed by atoms with E-state index in [4.69, 9.17) is 11.6 Å². The average Bonchev–Trinajstić information content (AvgIpc) is 2.96. The Kier molecular flexibility index (Phi) is 6.88. The first-order valence-corrected chi connectivity index (χ1v) is 9.94. The van der Waals surface area contributed by atoms with Gasteiger partial charge >= 0.3 is 0 Å². The van der Waals surface area contributed by atoms with Crippen LogP contribution in [0.4, 0.5) is 0 Å². The molecule has 3 rings (SSSR count). The summed E-state index contributed by atoms with van der Waals surface area (Å²) in [6, 6.07) is 14.5. The van der Waals surface area contributed by atoms with Crippen LogP contribution >= 0.6 is 11.6 Å². The first-order chi connectivity index (χ1) is 13.1. The molecule has 27 heavy (non-hydrogen) atoms. The molecule has 1 aliphatic carbocycles. The molecule has 0 bridgehead atoms. The summed E-state index contributed by atoms with van der Waals surface area (Å²) in [6.07, 6.45) is 6.87. The van der Waals surface area contributed by atoms with Gasteiger partial charge in [0.1, 0.15) is 0 Å².